The maximum absolute atomic E-state index is 13.4. The number of thiazole rings is 1. The molecule has 0 aliphatic heterocycles. The average molecular weight is 413 g/mol. The van der Waals surface area contributed by atoms with Gasteiger partial charge in [-0.3, -0.25) is 9.69 Å². The molecule has 1 heterocycles. The fraction of sp³-hybridized carbons (Fsp3) is 0.391. The number of hydrogen-bond donors (Lipinski definition) is 1. The van der Waals surface area contributed by atoms with Gasteiger partial charge >= 0.3 is 0 Å². The summed E-state index contributed by atoms with van der Waals surface area (Å²) in [6.45, 7) is 8.39. The smallest absolute Gasteiger partial charge is 0.260 e. The highest BCUT2D eigenvalue weighted by Gasteiger charge is 2.22. The van der Waals surface area contributed by atoms with Gasteiger partial charge in [-0.1, -0.05) is 17.4 Å². The Balaban J connectivity index is 1.93. The minimum atomic E-state index is -0.0183. The van der Waals surface area contributed by atoms with Crippen LogP contribution in [0.2, 0.25) is 0 Å². The van der Waals surface area contributed by atoms with E-state index in [9.17, 15) is 4.79 Å². The molecule has 0 spiro atoms. The Labute approximate surface area is 176 Å². The minimum Gasteiger partial charge on any atom is -0.494 e. The van der Waals surface area contributed by atoms with Gasteiger partial charge in [0.25, 0.3) is 5.91 Å². The minimum absolute atomic E-state index is 0.0183. The number of ether oxygens (including phenoxy) is 1. The van der Waals surface area contributed by atoms with E-state index in [4.69, 9.17) is 9.72 Å². The first kappa shape index (κ1) is 21.3. The molecule has 2 aromatic carbocycles. The number of aromatic nitrogens is 1. The van der Waals surface area contributed by atoms with Crippen molar-refractivity contribution in [3.8, 4) is 5.75 Å². The van der Waals surface area contributed by atoms with Crippen LogP contribution in [-0.2, 0) is 0 Å². The van der Waals surface area contributed by atoms with Gasteiger partial charge in [0.15, 0.2) is 5.13 Å². The van der Waals surface area contributed by atoms with E-state index in [1.807, 2.05) is 36.1 Å². The summed E-state index contributed by atoms with van der Waals surface area (Å²) in [5.74, 6) is 0.758. The average Bonchev–Trinajstić information content (AvgIpc) is 3.13. The second-order valence-electron chi connectivity index (χ2n) is 7.58. The normalized spacial score (nSPS) is 11.2. The number of nitrogens with one attached hydrogen (secondary N) is 1. The standard InChI is InChI=1S/C23H29N3O2S/c1-6-28-19-11-9-18(10-12-19)22(27)26(15-7-14-25(4)5)23-24-21-17(3)16(2)8-13-20(21)29-23/h8-13H,6-7,14-15H2,1-5H3/p+1. The number of anilines is 1. The summed E-state index contributed by atoms with van der Waals surface area (Å²) in [5, 5.41) is 0.765. The number of quaternary nitrogens is 1. The molecule has 154 valence electrons. The zero-order valence-electron chi connectivity index (χ0n) is 17.9. The summed E-state index contributed by atoms with van der Waals surface area (Å²) in [7, 11) is 4.25. The Hall–Kier alpha value is -2.44. The lowest BCUT2D eigenvalue weighted by atomic mass is 10.1. The van der Waals surface area contributed by atoms with Crippen LogP contribution < -0.4 is 14.5 Å². The Morgan fingerprint density at radius 3 is 2.52 bits per heavy atom. The number of carbonyl (C=O) groups is 1. The zero-order chi connectivity index (χ0) is 21.0. The quantitative estimate of drug-likeness (QED) is 0.616. The number of benzene rings is 2. The summed E-state index contributed by atoms with van der Waals surface area (Å²) in [5.41, 5.74) is 4.04. The lowest BCUT2D eigenvalue weighted by Gasteiger charge is -2.20. The van der Waals surface area contributed by atoms with Gasteiger partial charge in [-0.15, -0.1) is 0 Å². The van der Waals surface area contributed by atoms with Crippen molar-refractivity contribution in [3.05, 3.63) is 53.1 Å². The van der Waals surface area contributed by atoms with Crippen molar-refractivity contribution in [1.82, 2.24) is 4.98 Å². The number of rotatable bonds is 8. The van der Waals surface area contributed by atoms with E-state index in [2.05, 4.69) is 40.1 Å². The highest BCUT2D eigenvalue weighted by Crippen LogP contribution is 2.32. The molecule has 1 N–H and O–H groups in total. The first-order chi connectivity index (χ1) is 13.9. The summed E-state index contributed by atoms with van der Waals surface area (Å²) in [6, 6.07) is 11.6. The third-order valence-corrected chi connectivity index (χ3v) is 6.06. The molecule has 1 amide bonds. The molecular weight excluding hydrogens is 382 g/mol. The van der Waals surface area contributed by atoms with Crippen molar-refractivity contribution >= 4 is 32.6 Å². The predicted molar refractivity (Wildman–Crippen MR) is 121 cm³/mol. The third kappa shape index (κ3) is 4.95. The van der Waals surface area contributed by atoms with Crippen LogP contribution in [0.15, 0.2) is 36.4 Å². The first-order valence-electron chi connectivity index (χ1n) is 10.1. The maximum Gasteiger partial charge on any atom is 0.260 e. The van der Waals surface area contributed by atoms with Crippen LogP contribution in [0.1, 0.15) is 34.8 Å². The van der Waals surface area contributed by atoms with Crippen molar-refractivity contribution in [2.45, 2.75) is 27.2 Å². The Morgan fingerprint density at radius 2 is 1.86 bits per heavy atom. The molecule has 5 nitrogen and oxygen atoms in total. The number of amides is 1. The van der Waals surface area contributed by atoms with Crippen molar-refractivity contribution in [2.75, 3.05) is 38.7 Å². The number of carbonyl (C=O) groups excluding carboxylic acids is 1. The maximum atomic E-state index is 13.4. The molecule has 0 aliphatic carbocycles. The molecule has 6 heteroatoms. The highest BCUT2D eigenvalue weighted by atomic mass is 32.1. The fourth-order valence-electron chi connectivity index (χ4n) is 3.22. The molecule has 0 radical (unpaired) electrons. The van der Waals surface area contributed by atoms with E-state index < -0.39 is 0 Å². The molecular formula is C23H30N3O2S+. The van der Waals surface area contributed by atoms with Crippen molar-refractivity contribution in [3.63, 3.8) is 0 Å². The molecule has 0 unspecified atom stereocenters. The largest absolute Gasteiger partial charge is 0.494 e. The summed E-state index contributed by atoms with van der Waals surface area (Å²) < 4.78 is 6.62. The van der Waals surface area contributed by atoms with E-state index in [0.717, 1.165) is 34.1 Å². The van der Waals surface area contributed by atoms with Crippen molar-refractivity contribution in [2.24, 2.45) is 0 Å². The highest BCUT2D eigenvalue weighted by molar-refractivity contribution is 7.22. The topological polar surface area (TPSA) is 46.9 Å². The van der Waals surface area contributed by atoms with E-state index in [1.165, 1.54) is 16.0 Å². The van der Waals surface area contributed by atoms with E-state index in [0.29, 0.717) is 18.7 Å². The van der Waals surface area contributed by atoms with Crippen LogP contribution >= 0.6 is 11.3 Å². The van der Waals surface area contributed by atoms with Gasteiger partial charge in [-0.2, -0.15) is 0 Å². The zero-order valence-corrected chi connectivity index (χ0v) is 18.7. The third-order valence-electron chi connectivity index (χ3n) is 5.02. The summed E-state index contributed by atoms with van der Waals surface area (Å²) in [6.07, 6.45) is 0.916. The van der Waals surface area contributed by atoms with Gasteiger partial charge in [0.1, 0.15) is 5.75 Å². The SMILES string of the molecule is CCOc1ccc(C(=O)N(CCC[NH+](C)C)c2nc3c(C)c(C)ccc3s2)cc1. The molecule has 0 fully saturated rings. The molecule has 0 atom stereocenters. The monoisotopic (exact) mass is 412 g/mol. The van der Waals surface area contributed by atoms with Crippen LogP contribution in [-0.4, -0.2) is 44.7 Å². The number of fused-ring (bicyclic) bond motifs is 1. The molecule has 0 bridgehead atoms. The summed E-state index contributed by atoms with van der Waals surface area (Å²) in [4.78, 5) is 21.4. The molecule has 1 aromatic heterocycles. The Kier molecular flexibility index (Phi) is 6.87. The van der Waals surface area contributed by atoms with E-state index in [-0.39, 0.29) is 5.91 Å². The lowest BCUT2D eigenvalue weighted by Crippen LogP contribution is -3.05. The van der Waals surface area contributed by atoms with Crippen molar-refractivity contribution in [1.29, 1.82) is 0 Å². The van der Waals surface area contributed by atoms with E-state index >= 15 is 0 Å². The second-order valence-corrected chi connectivity index (χ2v) is 8.58. The van der Waals surface area contributed by atoms with Crippen LogP contribution in [0.25, 0.3) is 10.2 Å². The van der Waals surface area contributed by atoms with Gasteiger partial charge in [-0.25, -0.2) is 4.98 Å². The first-order valence-corrected chi connectivity index (χ1v) is 10.9. The van der Waals surface area contributed by atoms with Crippen LogP contribution in [0.3, 0.4) is 0 Å². The van der Waals surface area contributed by atoms with Crippen LogP contribution in [0.4, 0.5) is 5.13 Å². The predicted octanol–water partition coefficient (Wildman–Crippen LogP) is 3.49. The van der Waals surface area contributed by atoms with Gasteiger partial charge in [-0.05, 0) is 62.2 Å². The number of nitrogens with zero attached hydrogens (tertiary/aromatic N) is 2. The van der Waals surface area contributed by atoms with Crippen molar-refractivity contribution < 1.29 is 14.4 Å². The number of aryl methyl sites for hydroxylation is 2. The molecule has 3 aromatic rings. The molecule has 0 saturated carbocycles. The van der Waals surface area contributed by atoms with Gasteiger partial charge in [0.05, 0.1) is 37.5 Å². The molecule has 29 heavy (non-hydrogen) atoms. The van der Waals surface area contributed by atoms with E-state index in [1.54, 1.807) is 11.3 Å². The second kappa shape index (κ2) is 9.37. The molecule has 3 rings (SSSR count). The summed E-state index contributed by atoms with van der Waals surface area (Å²) >= 11 is 1.58. The van der Waals surface area contributed by atoms with Crippen LogP contribution in [0.5, 0.6) is 5.75 Å². The van der Waals surface area contributed by atoms with Crippen LogP contribution in [0, 0.1) is 13.8 Å². The Morgan fingerprint density at radius 1 is 1.14 bits per heavy atom. The Bertz CT molecular complexity index is 980. The van der Waals surface area contributed by atoms with Gasteiger partial charge < -0.3 is 9.64 Å². The van der Waals surface area contributed by atoms with Gasteiger partial charge in [0.2, 0.25) is 0 Å². The number of hydrogen-bond acceptors (Lipinski definition) is 4. The lowest BCUT2D eigenvalue weighted by molar-refractivity contribution is -0.858. The van der Waals surface area contributed by atoms with Gasteiger partial charge in [0, 0.05) is 18.5 Å². The fourth-order valence-corrected chi connectivity index (χ4v) is 4.27. The molecule has 0 aliphatic rings. The molecule has 0 saturated heterocycles.